The smallest absolute Gasteiger partial charge is 0.319 e. The summed E-state index contributed by atoms with van der Waals surface area (Å²) in [5, 5.41) is 8.75. The number of para-hydroxylation sites is 1. The molecule has 0 saturated carbocycles. The molecule has 2 aromatic rings. The maximum Gasteiger partial charge on any atom is 0.319 e. The Morgan fingerprint density at radius 1 is 0.893 bits per heavy atom. The summed E-state index contributed by atoms with van der Waals surface area (Å²) in [5.74, 6) is -0.0998. The molecule has 3 amide bonds. The van der Waals surface area contributed by atoms with Crippen molar-refractivity contribution in [2.24, 2.45) is 5.92 Å². The van der Waals surface area contributed by atoms with Crippen LogP contribution in [0.1, 0.15) is 26.7 Å². The van der Waals surface area contributed by atoms with Crippen LogP contribution in [-0.2, 0) is 4.79 Å². The number of urea groups is 1. The lowest BCUT2D eigenvalue weighted by molar-refractivity contribution is -0.118. The first-order valence-electron chi connectivity index (χ1n) is 9.79. The van der Waals surface area contributed by atoms with E-state index in [1.807, 2.05) is 32.0 Å². The Balaban J connectivity index is 1.44. The molecule has 0 radical (unpaired) electrons. The van der Waals surface area contributed by atoms with Crippen LogP contribution in [0.15, 0.2) is 54.6 Å². The molecule has 28 heavy (non-hydrogen) atoms. The van der Waals surface area contributed by atoms with Crippen molar-refractivity contribution in [2.45, 2.75) is 32.7 Å². The van der Waals surface area contributed by atoms with Crippen LogP contribution in [0.4, 0.5) is 21.9 Å². The molecule has 1 aliphatic heterocycles. The SMILES string of the molecule is CC(C)C(=O)Nc1ccc(NC(=O)NC2CCN(c3ccccc3)CC2)cc1. The third kappa shape index (κ3) is 5.49. The molecule has 6 nitrogen and oxygen atoms in total. The van der Waals surface area contributed by atoms with E-state index in [-0.39, 0.29) is 23.9 Å². The molecule has 0 bridgehead atoms. The van der Waals surface area contributed by atoms with Crippen LogP contribution < -0.4 is 20.9 Å². The van der Waals surface area contributed by atoms with Gasteiger partial charge in [0.1, 0.15) is 0 Å². The van der Waals surface area contributed by atoms with Gasteiger partial charge in [0.25, 0.3) is 0 Å². The van der Waals surface area contributed by atoms with Crippen molar-refractivity contribution < 1.29 is 9.59 Å². The van der Waals surface area contributed by atoms with E-state index in [1.165, 1.54) is 5.69 Å². The Kier molecular flexibility index (Phi) is 6.53. The number of carbonyl (C=O) groups excluding carboxylic acids is 2. The highest BCUT2D eigenvalue weighted by atomic mass is 16.2. The Hall–Kier alpha value is -3.02. The van der Waals surface area contributed by atoms with Crippen molar-refractivity contribution in [3.8, 4) is 0 Å². The predicted octanol–water partition coefficient (Wildman–Crippen LogP) is 4.07. The lowest BCUT2D eigenvalue weighted by Crippen LogP contribution is -2.46. The number of hydrogen-bond donors (Lipinski definition) is 3. The second kappa shape index (κ2) is 9.26. The van der Waals surface area contributed by atoms with Crippen molar-refractivity contribution in [1.29, 1.82) is 0 Å². The van der Waals surface area contributed by atoms with E-state index in [9.17, 15) is 9.59 Å². The van der Waals surface area contributed by atoms with Crippen LogP contribution in [0.25, 0.3) is 0 Å². The highest BCUT2D eigenvalue weighted by Gasteiger charge is 2.20. The van der Waals surface area contributed by atoms with Gasteiger partial charge in [0.2, 0.25) is 5.91 Å². The van der Waals surface area contributed by atoms with Crippen LogP contribution >= 0.6 is 0 Å². The van der Waals surface area contributed by atoms with Crippen LogP contribution in [-0.4, -0.2) is 31.1 Å². The fourth-order valence-corrected chi connectivity index (χ4v) is 3.20. The van der Waals surface area contributed by atoms with Crippen LogP contribution in [0.5, 0.6) is 0 Å². The van der Waals surface area contributed by atoms with Crippen molar-refractivity contribution in [3.63, 3.8) is 0 Å². The minimum Gasteiger partial charge on any atom is -0.371 e. The van der Waals surface area contributed by atoms with Gasteiger partial charge in [0.05, 0.1) is 0 Å². The zero-order valence-corrected chi connectivity index (χ0v) is 16.4. The summed E-state index contributed by atoms with van der Waals surface area (Å²) in [7, 11) is 0. The largest absolute Gasteiger partial charge is 0.371 e. The summed E-state index contributed by atoms with van der Waals surface area (Å²) in [6, 6.07) is 17.5. The molecule has 6 heteroatoms. The number of hydrogen-bond acceptors (Lipinski definition) is 3. The quantitative estimate of drug-likeness (QED) is 0.732. The van der Waals surface area contributed by atoms with Gasteiger partial charge < -0.3 is 20.9 Å². The average molecular weight is 380 g/mol. The van der Waals surface area contributed by atoms with Gasteiger partial charge in [0, 0.05) is 42.1 Å². The summed E-state index contributed by atoms with van der Waals surface area (Å²) in [4.78, 5) is 26.3. The van der Waals surface area contributed by atoms with E-state index in [2.05, 4.69) is 33.0 Å². The number of piperidine rings is 1. The van der Waals surface area contributed by atoms with Crippen LogP contribution in [0, 0.1) is 5.92 Å². The third-order valence-corrected chi connectivity index (χ3v) is 4.89. The zero-order chi connectivity index (χ0) is 19.9. The van der Waals surface area contributed by atoms with Gasteiger partial charge in [-0.3, -0.25) is 4.79 Å². The van der Waals surface area contributed by atoms with Gasteiger partial charge in [-0.2, -0.15) is 0 Å². The van der Waals surface area contributed by atoms with Crippen molar-refractivity contribution in [1.82, 2.24) is 5.32 Å². The van der Waals surface area contributed by atoms with Crippen molar-refractivity contribution >= 4 is 29.0 Å². The third-order valence-electron chi connectivity index (χ3n) is 4.89. The van der Waals surface area contributed by atoms with Gasteiger partial charge in [-0.1, -0.05) is 32.0 Å². The summed E-state index contributed by atoms with van der Waals surface area (Å²) in [5.41, 5.74) is 2.65. The maximum atomic E-state index is 12.3. The summed E-state index contributed by atoms with van der Waals surface area (Å²) < 4.78 is 0. The molecule has 0 atom stereocenters. The Morgan fingerprint density at radius 3 is 2.04 bits per heavy atom. The van der Waals surface area contributed by atoms with E-state index < -0.39 is 0 Å². The van der Waals surface area contributed by atoms with Crippen molar-refractivity contribution in [3.05, 3.63) is 54.6 Å². The molecule has 1 fully saturated rings. The fraction of sp³-hybridized carbons (Fsp3) is 0.364. The molecule has 148 valence electrons. The topological polar surface area (TPSA) is 73.5 Å². The molecule has 3 N–H and O–H groups in total. The van der Waals surface area contributed by atoms with Gasteiger partial charge in [0.15, 0.2) is 0 Å². The minimum atomic E-state index is -0.197. The molecule has 1 aliphatic rings. The van der Waals surface area contributed by atoms with Gasteiger partial charge in [-0.15, -0.1) is 0 Å². The van der Waals surface area contributed by atoms with E-state index in [4.69, 9.17) is 0 Å². The molecule has 0 aromatic heterocycles. The van der Waals surface area contributed by atoms with Crippen LogP contribution in [0.2, 0.25) is 0 Å². The zero-order valence-electron chi connectivity index (χ0n) is 16.4. The number of amides is 3. The second-order valence-corrected chi connectivity index (χ2v) is 7.42. The number of benzene rings is 2. The normalized spacial score (nSPS) is 14.6. The first-order chi connectivity index (χ1) is 13.5. The standard InChI is InChI=1S/C22H28N4O2/c1-16(2)21(27)23-17-8-10-18(11-9-17)24-22(28)25-19-12-14-26(15-13-19)20-6-4-3-5-7-20/h3-11,16,19H,12-15H2,1-2H3,(H,23,27)(H2,24,25,28). The first-order valence-corrected chi connectivity index (χ1v) is 9.79. The first kappa shape index (κ1) is 19.7. The van der Waals surface area contributed by atoms with Crippen LogP contribution in [0.3, 0.4) is 0 Å². The van der Waals surface area contributed by atoms with E-state index in [0.717, 1.165) is 31.6 Å². The molecule has 1 saturated heterocycles. The molecule has 0 spiro atoms. The average Bonchev–Trinajstić information content (AvgIpc) is 2.70. The fourth-order valence-electron chi connectivity index (χ4n) is 3.20. The van der Waals surface area contributed by atoms with Gasteiger partial charge in [-0.05, 0) is 49.2 Å². The van der Waals surface area contributed by atoms with Gasteiger partial charge >= 0.3 is 6.03 Å². The molecular weight excluding hydrogens is 352 g/mol. The van der Waals surface area contributed by atoms with Crippen molar-refractivity contribution in [2.75, 3.05) is 28.6 Å². The Morgan fingerprint density at radius 2 is 1.46 bits per heavy atom. The van der Waals surface area contributed by atoms with Gasteiger partial charge in [-0.25, -0.2) is 4.79 Å². The molecule has 3 rings (SSSR count). The summed E-state index contributed by atoms with van der Waals surface area (Å²) >= 11 is 0. The van der Waals surface area contributed by atoms with E-state index in [0.29, 0.717) is 5.69 Å². The van der Waals surface area contributed by atoms with E-state index >= 15 is 0 Å². The highest BCUT2D eigenvalue weighted by Crippen LogP contribution is 2.20. The number of nitrogens with zero attached hydrogens (tertiary/aromatic N) is 1. The number of rotatable bonds is 5. The number of anilines is 3. The summed E-state index contributed by atoms with van der Waals surface area (Å²) in [6.45, 7) is 5.55. The Labute approximate surface area is 166 Å². The molecule has 2 aromatic carbocycles. The molecule has 1 heterocycles. The maximum absolute atomic E-state index is 12.3. The van der Waals surface area contributed by atoms with E-state index in [1.54, 1.807) is 24.3 Å². The molecular formula is C22H28N4O2. The molecule has 0 unspecified atom stereocenters. The molecule has 0 aliphatic carbocycles. The highest BCUT2D eigenvalue weighted by molar-refractivity contribution is 5.93. The minimum absolute atomic E-state index is 0.0275. The Bertz CT molecular complexity index is 782. The lowest BCUT2D eigenvalue weighted by Gasteiger charge is -2.33. The number of nitrogens with one attached hydrogen (secondary N) is 3. The predicted molar refractivity (Wildman–Crippen MR) is 114 cm³/mol. The lowest BCUT2D eigenvalue weighted by atomic mass is 10.0. The summed E-state index contributed by atoms with van der Waals surface area (Å²) in [6.07, 6.45) is 1.84. The monoisotopic (exact) mass is 380 g/mol. The second-order valence-electron chi connectivity index (χ2n) is 7.42. The number of carbonyl (C=O) groups is 2.